The van der Waals surface area contributed by atoms with E-state index in [-0.39, 0.29) is 5.78 Å². The highest BCUT2D eigenvalue weighted by Gasteiger charge is 2.09. The van der Waals surface area contributed by atoms with Crippen LogP contribution in [0, 0.1) is 6.92 Å². The summed E-state index contributed by atoms with van der Waals surface area (Å²) in [5.41, 5.74) is 8.80. The van der Waals surface area contributed by atoms with Crippen molar-refractivity contribution in [3.63, 3.8) is 0 Å². The van der Waals surface area contributed by atoms with Gasteiger partial charge in [0.1, 0.15) is 0 Å². The molecule has 2 nitrogen and oxygen atoms in total. The van der Waals surface area contributed by atoms with E-state index in [1.54, 1.807) is 6.07 Å². The molecule has 76 valence electrons. The van der Waals surface area contributed by atoms with Crippen LogP contribution in [0.2, 0.25) is 0 Å². The molecule has 0 bridgehead atoms. The van der Waals surface area contributed by atoms with E-state index in [1.165, 1.54) is 11.3 Å². The monoisotopic (exact) mass is 217 g/mol. The minimum absolute atomic E-state index is 0.0305. The van der Waals surface area contributed by atoms with E-state index in [4.69, 9.17) is 5.73 Å². The van der Waals surface area contributed by atoms with Crippen LogP contribution in [0.15, 0.2) is 35.0 Å². The number of carbonyl (C=O) groups is 1. The second kappa shape index (κ2) is 3.87. The molecule has 0 fully saturated rings. The van der Waals surface area contributed by atoms with Crippen LogP contribution in [-0.4, -0.2) is 5.78 Å². The van der Waals surface area contributed by atoms with Gasteiger partial charge in [0, 0.05) is 22.2 Å². The van der Waals surface area contributed by atoms with Crippen LogP contribution < -0.4 is 5.73 Å². The Hall–Kier alpha value is -1.61. The number of aryl methyl sites for hydroxylation is 1. The van der Waals surface area contributed by atoms with Crippen molar-refractivity contribution in [3.8, 4) is 0 Å². The molecule has 2 aromatic rings. The number of carbonyl (C=O) groups excluding carboxylic acids is 1. The molecule has 1 heterocycles. The minimum atomic E-state index is 0.0305. The van der Waals surface area contributed by atoms with Crippen LogP contribution in [0.5, 0.6) is 0 Å². The van der Waals surface area contributed by atoms with Gasteiger partial charge in [0.05, 0.1) is 0 Å². The lowest BCUT2D eigenvalue weighted by Crippen LogP contribution is -2.01. The lowest BCUT2D eigenvalue weighted by atomic mass is 10.0. The largest absolute Gasteiger partial charge is 0.398 e. The molecular weight excluding hydrogens is 206 g/mol. The number of hydrogen-bond donors (Lipinski definition) is 1. The number of nitrogen functional groups attached to an aromatic ring is 1. The first-order chi connectivity index (χ1) is 7.18. The molecular formula is C12H11NOS. The molecule has 1 aromatic carbocycles. The minimum Gasteiger partial charge on any atom is -0.398 e. The van der Waals surface area contributed by atoms with Gasteiger partial charge in [-0.05, 0) is 30.0 Å². The van der Waals surface area contributed by atoms with Crippen LogP contribution in [0.25, 0.3) is 0 Å². The fraction of sp³-hybridized carbons (Fsp3) is 0.0833. The van der Waals surface area contributed by atoms with E-state index >= 15 is 0 Å². The molecule has 0 unspecified atom stereocenters. The summed E-state index contributed by atoms with van der Waals surface area (Å²) in [4.78, 5) is 11.9. The van der Waals surface area contributed by atoms with Crippen molar-refractivity contribution >= 4 is 22.8 Å². The summed E-state index contributed by atoms with van der Waals surface area (Å²) in [6.07, 6.45) is 0. The van der Waals surface area contributed by atoms with Crippen molar-refractivity contribution < 1.29 is 4.79 Å². The Kier molecular flexibility index (Phi) is 2.56. The zero-order valence-corrected chi connectivity index (χ0v) is 9.17. The number of anilines is 1. The molecule has 0 aliphatic heterocycles. The van der Waals surface area contributed by atoms with Gasteiger partial charge in [-0.1, -0.05) is 12.1 Å². The molecule has 0 saturated carbocycles. The number of thiophene rings is 1. The molecule has 0 aliphatic rings. The smallest absolute Gasteiger partial charge is 0.193 e. The summed E-state index contributed by atoms with van der Waals surface area (Å²) in [5, 5.41) is 3.74. The van der Waals surface area contributed by atoms with Crippen molar-refractivity contribution in [2.24, 2.45) is 0 Å². The number of nitrogens with two attached hydrogens (primary N) is 1. The predicted octanol–water partition coefficient (Wildman–Crippen LogP) is 2.87. The number of benzene rings is 1. The van der Waals surface area contributed by atoms with E-state index in [0.717, 1.165) is 11.1 Å². The fourth-order valence-corrected chi connectivity index (χ4v) is 1.98. The van der Waals surface area contributed by atoms with E-state index in [9.17, 15) is 4.79 Å². The first kappa shape index (κ1) is 9.93. The van der Waals surface area contributed by atoms with Crippen molar-refractivity contribution in [2.45, 2.75) is 6.92 Å². The van der Waals surface area contributed by atoms with E-state index in [2.05, 4.69) is 0 Å². The first-order valence-corrected chi connectivity index (χ1v) is 5.56. The molecule has 0 radical (unpaired) electrons. The summed E-state index contributed by atoms with van der Waals surface area (Å²) >= 11 is 1.52. The first-order valence-electron chi connectivity index (χ1n) is 4.61. The van der Waals surface area contributed by atoms with Crippen LogP contribution in [0.1, 0.15) is 21.5 Å². The SMILES string of the molecule is Cc1ccc(C(=O)c2ccsc2)cc1N. The Balaban J connectivity index is 2.39. The van der Waals surface area contributed by atoms with Gasteiger partial charge in [0.2, 0.25) is 0 Å². The molecule has 1 aromatic heterocycles. The van der Waals surface area contributed by atoms with Crippen LogP contribution in [-0.2, 0) is 0 Å². The van der Waals surface area contributed by atoms with Gasteiger partial charge >= 0.3 is 0 Å². The highest BCUT2D eigenvalue weighted by molar-refractivity contribution is 7.08. The lowest BCUT2D eigenvalue weighted by molar-refractivity contribution is 0.103. The van der Waals surface area contributed by atoms with Gasteiger partial charge in [-0.2, -0.15) is 11.3 Å². The average Bonchev–Trinajstić information content (AvgIpc) is 2.74. The predicted molar refractivity (Wildman–Crippen MR) is 63.3 cm³/mol. The Labute approximate surface area is 92.4 Å². The van der Waals surface area contributed by atoms with Gasteiger partial charge in [-0.15, -0.1) is 0 Å². The zero-order valence-electron chi connectivity index (χ0n) is 8.36. The van der Waals surface area contributed by atoms with Gasteiger partial charge in [0.25, 0.3) is 0 Å². The van der Waals surface area contributed by atoms with Gasteiger partial charge in [-0.3, -0.25) is 4.79 Å². The second-order valence-electron chi connectivity index (χ2n) is 3.41. The van der Waals surface area contributed by atoms with Crippen molar-refractivity contribution in [1.82, 2.24) is 0 Å². The van der Waals surface area contributed by atoms with Crippen LogP contribution in [0.3, 0.4) is 0 Å². The molecule has 2 N–H and O–H groups in total. The topological polar surface area (TPSA) is 43.1 Å². The maximum absolute atomic E-state index is 11.9. The average molecular weight is 217 g/mol. The normalized spacial score (nSPS) is 10.2. The van der Waals surface area contributed by atoms with Crippen molar-refractivity contribution in [2.75, 3.05) is 5.73 Å². The Bertz CT molecular complexity index is 488. The molecule has 0 aliphatic carbocycles. The zero-order chi connectivity index (χ0) is 10.8. The summed E-state index contributed by atoms with van der Waals surface area (Å²) < 4.78 is 0. The third-order valence-electron chi connectivity index (χ3n) is 2.32. The van der Waals surface area contributed by atoms with Gasteiger partial charge in [-0.25, -0.2) is 0 Å². The summed E-state index contributed by atoms with van der Waals surface area (Å²) in [6, 6.07) is 7.24. The summed E-state index contributed by atoms with van der Waals surface area (Å²) in [6.45, 7) is 1.92. The van der Waals surface area contributed by atoms with E-state index < -0.39 is 0 Å². The molecule has 0 atom stereocenters. The highest BCUT2D eigenvalue weighted by atomic mass is 32.1. The van der Waals surface area contributed by atoms with E-state index in [0.29, 0.717) is 11.3 Å². The standard InChI is InChI=1S/C12H11NOS/c1-8-2-3-9(6-11(8)13)12(14)10-4-5-15-7-10/h2-7H,13H2,1H3. The highest BCUT2D eigenvalue weighted by Crippen LogP contribution is 2.17. The fourth-order valence-electron chi connectivity index (χ4n) is 1.34. The maximum atomic E-state index is 11.9. The molecule has 2 rings (SSSR count). The second-order valence-corrected chi connectivity index (χ2v) is 4.19. The lowest BCUT2D eigenvalue weighted by Gasteiger charge is -2.02. The number of rotatable bonds is 2. The maximum Gasteiger partial charge on any atom is 0.193 e. The summed E-state index contributed by atoms with van der Waals surface area (Å²) in [5.74, 6) is 0.0305. The molecule has 0 amide bonds. The molecule has 0 saturated heterocycles. The quantitative estimate of drug-likeness (QED) is 0.621. The van der Waals surface area contributed by atoms with Crippen molar-refractivity contribution in [1.29, 1.82) is 0 Å². The van der Waals surface area contributed by atoms with Gasteiger partial charge in [0.15, 0.2) is 5.78 Å². The summed E-state index contributed by atoms with van der Waals surface area (Å²) in [7, 11) is 0. The Morgan fingerprint density at radius 3 is 2.67 bits per heavy atom. The number of ketones is 1. The van der Waals surface area contributed by atoms with E-state index in [1.807, 2.05) is 35.9 Å². The third kappa shape index (κ3) is 1.92. The van der Waals surface area contributed by atoms with Crippen LogP contribution in [0.4, 0.5) is 5.69 Å². The Morgan fingerprint density at radius 1 is 1.27 bits per heavy atom. The number of hydrogen-bond acceptors (Lipinski definition) is 3. The Morgan fingerprint density at radius 2 is 2.07 bits per heavy atom. The third-order valence-corrected chi connectivity index (χ3v) is 3.01. The van der Waals surface area contributed by atoms with Crippen LogP contribution >= 0.6 is 11.3 Å². The molecule has 15 heavy (non-hydrogen) atoms. The molecule has 0 spiro atoms. The van der Waals surface area contributed by atoms with Gasteiger partial charge < -0.3 is 5.73 Å². The van der Waals surface area contributed by atoms with Crippen molar-refractivity contribution in [3.05, 3.63) is 51.7 Å². The molecule has 3 heteroatoms.